The van der Waals surface area contributed by atoms with Crippen LogP contribution in [-0.4, -0.2) is 52.8 Å². The predicted molar refractivity (Wildman–Crippen MR) is 102 cm³/mol. The first-order valence-electron chi connectivity index (χ1n) is 8.15. The Bertz CT molecular complexity index is 883. The number of hydrogen-bond acceptors (Lipinski definition) is 5. The highest BCUT2D eigenvalue weighted by Crippen LogP contribution is 2.61. The maximum absolute atomic E-state index is 13.0. The zero-order valence-corrected chi connectivity index (χ0v) is 16.6. The van der Waals surface area contributed by atoms with E-state index in [1.807, 2.05) is 0 Å². The van der Waals surface area contributed by atoms with E-state index in [0.717, 1.165) is 4.90 Å². The summed E-state index contributed by atoms with van der Waals surface area (Å²) in [5.41, 5.74) is 0.803. The molecule has 6 nitrogen and oxygen atoms in total. The summed E-state index contributed by atoms with van der Waals surface area (Å²) in [6.45, 7) is 3.78. The van der Waals surface area contributed by atoms with Gasteiger partial charge in [0.05, 0.1) is 14.2 Å². The topological polar surface area (TPSA) is 76.1 Å². The third-order valence-electron chi connectivity index (χ3n) is 5.26. The number of phenolic OH excluding ortho intramolecular Hbond substituents is 1. The van der Waals surface area contributed by atoms with Gasteiger partial charge in [-0.15, -0.1) is 23.2 Å². The Morgan fingerprint density at radius 1 is 1.26 bits per heavy atom. The van der Waals surface area contributed by atoms with E-state index in [9.17, 15) is 14.7 Å². The normalized spacial score (nSPS) is 30.0. The van der Waals surface area contributed by atoms with E-state index in [1.165, 1.54) is 33.4 Å². The second-order valence-corrected chi connectivity index (χ2v) is 7.73. The van der Waals surface area contributed by atoms with E-state index in [-0.39, 0.29) is 23.5 Å². The highest BCUT2D eigenvalue weighted by molar-refractivity contribution is 6.53. The molecule has 0 saturated carbocycles. The van der Waals surface area contributed by atoms with Gasteiger partial charge in [0.1, 0.15) is 17.2 Å². The number of ether oxygens (including phenoxy) is 2. The standard InChI is InChI=1S/C19H19Cl2NO5/c1-5-10-6-7-18(20)16(24)22(2)17(25)19(18,21)15(10)14-12(23)8-11(26-3)9-13(14)27-4/h5-6,8-9,15,23H,1,7H2,2-4H3. The van der Waals surface area contributed by atoms with Gasteiger partial charge in [-0.2, -0.15) is 0 Å². The molecule has 1 saturated heterocycles. The van der Waals surface area contributed by atoms with Gasteiger partial charge >= 0.3 is 0 Å². The lowest BCUT2D eigenvalue weighted by Crippen LogP contribution is -2.55. The lowest BCUT2D eigenvalue weighted by molar-refractivity contribution is -0.137. The van der Waals surface area contributed by atoms with Crippen LogP contribution >= 0.6 is 23.2 Å². The largest absolute Gasteiger partial charge is 0.507 e. The van der Waals surface area contributed by atoms with Crippen LogP contribution in [0.15, 0.2) is 36.4 Å². The second-order valence-electron chi connectivity index (χ2n) is 6.49. The molecule has 3 unspecified atom stereocenters. The Hall–Kier alpha value is -2.18. The number of allylic oxidation sites excluding steroid dienone is 3. The SMILES string of the molecule is C=CC1=CCC2(Cl)C(=O)N(C)C(=O)C2(Cl)C1c1c(O)cc(OC)cc1OC. The van der Waals surface area contributed by atoms with Crippen LogP contribution in [0.1, 0.15) is 17.9 Å². The van der Waals surface area contributed by atoms with Crippen molar-refractivity contribution in [2.24, 2.45) is 0 Å². The van der Waals surface area contributed by atoms with Crippen LogP contribution in [0.2, 0.25) is 0 Å². The molecule has 0 spiro atoms. The summed E-state index contributed by atoms with van der Waals surface area (Å²) in [4.78, 5) is 23.1. The number of imide groups is 1. The van der Waals surface area contributed by atoms with Crippen LogP contribution in [0.4, 0.5) is 0 Å². The van der Waals surface area contributed by atoms with Crippen LogP contribution < -0.4 is 9.47 Å². The molecule has 2 amide bonds. The average molecular weight is 412 g/mol. The van der Waals surface area contributed by atoms with E-state index < -0.39 is 27.5 Å². The van der Waals surface area contributed by atoms with E-state index >= 15 is 0 Å². The first-order valence-corrected chi connectivity index (χ1v) is 8.90. The Kier molecular flexibility index (Phi) is 4.68. The van der Waals surface area contributed by atoms with Crippen LogP contribution in [-0.2, 0) is 9.59 Å². The number of alkyl halides is 2. The molecule has 1 aliphatic carbocycles. The van der Waals surface area contributed by atoms with Gasteiger partial charge in [-0.05, 0) is 12.0 Å². The number of benzene rings is 1. The minimum Gasteiger partial charge on any atom is -0.507 e. The molecule has 3 atom stereocenters. The van der Waals surface area contributed by atoms with Crippen molar-refractivity contribution in [2.75, 3.05) is 21.3 Å². The molecular formula is C19H19Cl2NO5. The number of methoxy groups -OCH3 is 2. The highest BCUT2D eigenvalue weighted by atomic mass is 35.5. The molecule has 3 rings (SSSR count). The Balaban J connectivity index is 2.35. The summed E-state index contributed by atoms with van der Waals surface area (Å²) in [6, 6.07) is 2.94. The molecule has 8 heteroatoms. The zero-order chi connectivity index (χ0) is 20.1. The van der Waals surface area contributed by atoms with Crippen LogP contribution in [0.5, 0.6) is 17.2 Å². The smallest absolute Gasteiger partial charge is 0.253 e. The van der Waals surface area contributed by atoms with Crippen molar-refractivity contribution in [3.63, 3.8) is 0 Å². The molecule has 1 heterocycles. The quantitative estimate of drug-likeness (QED) is 0.608. The van der Waals surface area contributed by atoms with Crippen LogP contribution in [0.25, 0.3) is 0 Å². The Morgan fingerprint density at radius 2 is 1.93 bits per heavy atom. The number of nitrogens with zero attached hydrogens (tertiary/aromatic N) is 1. The monoisotopic (exact) mass is 411 g/mol. The fourth-order valence-corrected chi connectivity index (χ4v) is 4.77. The number of amides is 2. The van der Waals surface area contributed by atoms with Crippen LogP contribution in [0.3, 0.4) is 0 Å². The van der Waals surface area contributed by atoms with E-state index in [1.54, 1.807) is 12.1 Å². The number of likely N-dealkylation sites (tertiary alicyclic amines) is 1. The van der Waals surface area contributed by atoms with Gasteiger partial charge in [-0.1, -0.05) is 18.7 Å². The number of carbonyl (C=O) groups excluding carboxylic acids is 2. The Labute approximate surface area is 166 Å². The summed E-state index contributed by atoms with van der Waals surface area (Å²) in [6.07, 6.45) is 3.30. The number of fused-ring (bicyclic) bond motifs is 1. The highest BCUT2D eigenvalue weighted by Gasteiger charge is 2.72. The third-order valence-corrected chi connectivity index (χ3v) is 6.67. The summed E-state index contributed by atoms with van der Waals surface area (Å²) in [5, 5.41) is 10.7. The van der Waals surface area contributed by atoms with Crippen molar-refractivity contribution >= 4 is 35.0 Å². The van der Waals surface area contributed by atoms with Gasteiger partial charge in [0.25, 0.3) is 11.8 Å². The molecule has 0 aromatic heterocycles. The minimum atomic E-state index is -1.85. The van der Waals surface area contributed by atoms with Gasteiger partial charge in [-0.3, -0.25) is 14.5 Å². The first kappa shape index (κ1) is 19.6. The lowest BCUT2D eigenvalue weighted by Gasteiger charge is -2.42. The molecule has 0 radical (unpaired) electrons. The molecular weight excluding hydrogens is 393 g/mol. The summed E-state index contributed by atoms with van der Waals surface area (Å²) >= 11 is 13.5. The molecule has 1 fully saturated rings. The fourth-order valence-electron chi connectivity index (χ4n) is 3.85. The predicted octanol–water partition coefficient (Wildman–Crippen LogP) is 2.96. The van der Waals surface area contributed by atoms with E-state index in [0.29, 0.717) is 11.3 Å². The molecule has 1 N–H and O–H groups in total. The van der Waals surface area contributed by atoms with Crippen molar-refractivity contribution in [2.45, 2.75) is 22.1 Å². The fraction of sp³-hybridized carbons (Fsp3) is 0.368. The second kappa shape index (κ2) is 6.46. The number of halogens is 2. The zero-order valence-electron chi connectivity index (χ0n) is 15.1. The van der Waals surface area contributed by atoms with Gasteiger partial charge < -0.3 is 14.6 Å². The van der Waals surface area contributed by atoms with Crippen molar-refractivity contribution in [3.8, 4) is 17.2 Å². The Morgan fingerprint density at radius 3 is 2.48 bits per heavy atom. The van der Waals surface area contributed by atoms with Crippen LogP contribution in [0, 0.1) is 0 Å². The molecule has 27 heavy (non-hydrogen) atoms. The van der Waals surface area contributed by atoms with Crippen molar-refractivity contribution in [3.05, 3.63) is 42.0 Å². The summed E-state index contributed by atoms with van der Waals surface area (Å²) in [7, 11) is 4.21. The lowest BCUT2D eigenvalue weighted by atomic mass is 9.68. The van der Waals surface area contributed by atoms with Crippen molar-refractivity contribution in [1.82, 2.24) is 4.90 Å². The number of aromatic hydroxyl groups is 1. The average Bonchev–Trinajstić information content (AvgIpc) is 2.79. The van der Waals surface area contributed by atoms with Gasteiger partial charge in [0, 0.05) is 30.7 Å². The van der Waals surface area contributed by atoms with Gasteiger partial charge in [0.15, 0.2) is 9.75 Å². The molecule has 1 aromatic rings. The molecule has 0 bridgehead atoms. The van der Waals surface area contributed by atoms with E-state index in [4.69, 9.17) is 32.7 Å². The first-order chi connectivity index (χ1) is 12.7. The van der Waals surface area contributed by atoms with Gasteiger partial charge in [-0.25, -0.2) is 0 Å². The molecule has 144 valence electrons. The van der Waals surface area contributed by atoms with Crippen molar-refractivity contribution < 1.29 is 24.2 Å². The molecule has 1 aliphatic heterocycles. The number of hydrogen-bond donors (Lipinski definition) is 1. The molecule has 1 aromatic carbocycles. The maximum Gasteiger partial charge on any atom is 0.253 e. The third kappa shape index (κ3) is 2.39. The number of phenols is 1. The molecule has 2 aliphatic rings. The summed E-state index contributed by atoms with van der Waals surface area (Å²) in [5.74, 6) is -1.76. The number of rotatable bonds is 4. The van der Waals surface area contributed by atoms with E-state index in [2.05, 4.69) is 6.58 Å². The maximum atomic E-state index is 13.0. The van der Waals surface area contributed by atoms with Crippen molar-refractivity contribution in [1.29, 1.82) is 0 Å². The number of carbonyl (C=O) groups is 2. The summed E-state index contributed by atoms with van der Waals surface area (Å²) < 4.78 is 10.6. The minimum absolute atomic E-state index is 0.0596. The van der Waals surface area contributed by atoms with Gasteiger partial charge in [0.2, 0.25) is 0 Å².